The number of piperidine rings is 1. The first-order valence-corrected chi connectivity index (χ1v) is 10.8. The molecule has 0 atom stereocenters. The van der Waals surface area contributed by atoms with E-state index in [4.69, 9.17) is 0 Å². The standard InChI is InChI=1S/C24H32N4O2/c1-18(2)26-24(30)27-22-12-8-11-19(15-22)23(29)25-16-20-9-4-5-10-21(20)17-28-13-6-3-7-14-28/h4-5,8-12,15,18H,3,6-7,13-14,16-17H2,1-2H3,(H,25,29)(H2,26,27,30). The van der Waals surface area contributed by atoms with Crippen molar-refractivity contribution in [2.45, 2.75) is 52.2 Å². The minimum atomic E-state index is -0.283. The largest absolute Gasteiger partial charge is 0.348 e. The van der Waals surface area contributed by atoms with E-state index in [0.717, 1.165) is 25.2 Å². The van der Waals surface area contributed by atoms with Crippen LogP contribution in [0.3, 0.4) is 0 Å². The molecular weight excluding hydrogens is 376 g/mol. The summed E-state index contributed by atoms with van der Waals surface area (Å²) in [7, 11) is 0. The number of nitrogens with zero attached hydrogens (tertiary/aromatic N) is 1. The molecule has 3 amide bonds. The number of urea groups is 1. The maximum atomic E-state index is 12.7. The molecule has 3 rings (SSSR count). The van der Waals surface area contributed by atoms with Gasteiger partial charge in [-0.1, -0.05) is 36.8 Å². The molecule has 160 valence electrons. The minimum absolute atomic E-state index is 0.0430. The molecule has 0 unspecified atom stereocenters. The van der Waals surface area contributed by atoms with Crippen molar-refractivity contribution in [2.24, 2.45) is 0 Å². The number of carbonyl (C=O) groups is 2. The van der Waals surface area contributed by atoms with Crippen molar-refractivity contribution in [1.29, 1.82) is 0 Å². The fraction of sp³-hybridized carbons (Fsp3) is 0.417. The highest BCUT2D eigenvalue weighted by molar-refractivity contribution is 5.96. The Kier molecular flexibility index (Phi) is 7.85. The molecule has 0 aromatic heterocycles. The topological polar surface area (TPSA) is 73.5 Å². The molecule has 1 heterocycles. The lowest BCUT2D eigenvalue weighted by molar-refractivity contribution is 0.0950. The van der Waals surface area contributed by atoms with Crippen LogP contribution in [0.2, 0.25) is 0 Å². The first-order chi connectivity index (χ1) is 14.5. The van der Waals surface area contributed by atoms with Crippen LogP contribution in [0.4, 0.5) is 10.5 Å². The van der Waals surface area contributed by atoms with Crippen LogP contribution >= 0.6 is 0 Å². The Morgan fingerprint density at radius 1 is 0.967 bits per heavy atom. The quantitative estimate of drug-likeness (QED) is 0.645. The average molecular weight is 409 g/mol. The van der Waals surface area contributed by atoms with E-state index in [-0.39, 0.29) is 18.0 Å². The molecule has 0 spiro atoms. The van der Waals surface area contributed by atoms with Gasteiger partial charge in [0, 0.05) is 30.4 Å². The summed E-state index contributed by atoms with van der Waals surface area (Å²) in [4.78, 5) is 27.1. The zero-order chi connectivity index (χ0) is 21.3. The molecule has 3 N–H and O–H groups in total. The first kappa shape index (κ1) is 21.8. The highest BCUT2D eigenvalue weighted by atomic mass is 16.2. The molecule has 30 heavy (non-hydrogen) atoms. The number of nitrogens with one attached hydrogen (secondary N) is 3. The van der Waals surface area contributed by atoms with Crippen LogP contribution in [-0.2, 0) is 13.1 Å². The smallest absolute Gasteiger partial charge is 0.319 e. The van der Waals surface area contributed by atoms with Crippen molar-refractivity contribution < 1.29 is 9.59 Å². The third-order valence-corrected chi connectivity index (χ3v) is 5.20. The maximum Gasteiger partial charge on any atom is 0.319 e. The molecule has 1 aliphatic rings. The Morgan fingerprint density at radius 3 is 2.43 bits per heavy atom. The maximum absolute atomic E-state index is 12.7. The van der Waals surface area contributed by atoms with Crippen molar-refractivity contribution in [3.63, 3.8) is 0 Å². The van der Waals surface area contributed by atoms with Gasteiger partial charge in [0.1, 0.15) is 0 Å². The Hall–Kier alpha value is -2.86. The molecular formula is C24H32N4O2. The van der Waals surface area contributed by atoms with Crippen LogP contribution in [0.1, 0.15) is 54.6 Å². The molecule has 6 heteroatoms. The van der Waals surface area contributed by atoms with E-state index < -0.39 is 0 Å². The zero-order valence-electron chi connectivity index (χ0n) is 17.9. The Morgan fingerprint density at radius 2 is 1.70 bits per heavy atom. The summed E-state index contributed by atoms with van der Waals surface area (Å²) in [6, 6.07) is 15.0. The number of hydrogen-bond acceptors (Lipinski definition) is 3. The number of carbonyl (C=O) groups excluding carboxylic acids is 2. The number of likely N-dealkylation sites (tertiary alicyclic amines) is 1. The lowest BCUT2D eigenvalue weighted by Crippen LogP contribution is -2.34. The van der Waals surface area contributed by atoms with Crippen LogP contribution in [0.25, 0.3) is 0 Å². The van der Waals surface area contributed by atoms with Gasteiger partial charge in [-0.15, -0.1) is 0 Å². The second-order valence-corrected chi connectivity index (χ2v) is 8.12. The van der Waals surface area contributed by atoms with Crippen LogP contribution in [0.15, 0.2) is 48.5 Å². The first-order valence-electron chi connectivity index (χ1n) is 10.8. The number of hydrogen-bond donors (Lipinski definition) is 3. The lowest BCUT2D eigenvalue weighted by atomic mass is 10.0. The fourth-order valence-corrected chi connectivity index (χ4v) is 3.69. The summed E-state index contributed by atoms with van der Waals surface area (Å²) in [6.07, 6.45) is 3.85. The molecule has 2 aromatic carbocycles. The highest BCUT2D eigenvalue weighted by Crippen LogP contribution is 2.17. The lowest BCUT2D eigenvalue weighted by Gasteiger charge is -2.27. The molecule has 1 aliphatic heterocycles. The molecule has 0 radical (unpaired) electrons. The predicted molar refractivity (Wildman–Crippen MR) is 120 cm³/mol. The minimum Gasteiger partial charge on any atom is -0.348 e. The molecule has 1 fully saturated rings. The van der Waals surface area contributed by atoms with Crippen LogP contribution in [0.5, 0.6) is 0 Å². The van der Waals surface area contributed by atoms with Gasteiger partial charge >= 0.3 is 6.03 Å². The SMILES string of the molecule is CC(C)NC(=O)Nc1cccc(C(=O)NCc2ccccc2CN2CCCCC2)c1. The van der Waals surface area contributed by atoms with Gasteiger partial charge in [-0.2, -0.15) is 0 Å². The van der Waals surface area contributed by atoms with Crippen LogP contribution in [-0.4, -0.2) is 36.0 Å². The monoisotopic (exact) mass is 408 g/mol. The second-order valence-electron chi connectivity index (χ2n) is 8.12. The Bertz CT molecular complexity index is 860. The molecule has 0 bridgehead atoms. The summed E-state index contributed by atoms with van der Waals surface area (Å²) >= 11 is 0. The fourth-order valence-electron chi connectivity index (χ4n) is 3.69. The van der Waals surface area contributed by atoms with E-state index >= 15 is 0 Å². The number of rotatable bonds is 7. The van der Waals surface area contributed by atoms with Gasteiger partial charge in [-0.3, -0.25) is 9.69 Å². The third-order valence-electron chi connectivity index (χ3n) is 5.20. The number of amides is 3. The Balaban J connectivity index is 1.59. The van der Waals surface area contributed by atoms with Gasteiger partial charge < -0.3 is 16.0 Å². The normalized spacial score (nSPS) is 14.4. The summed E-state index contributed by atoms with van der Waals surface area (Å²) in [5, 5.41) is 8.55. The van der Waals surface area contributed by atoms with Gasteiger partial charge in [0.2, 0.25) is 0 Å². The van der Waals surface area contributed by atoms with Crippen molar-refractivity contribution in [3.05, 3.63) is 65.2 Å². The van der Waals surface area contributed by atoms with Gasteiger partial charge in [0.15, 0.2) is 0 Å². The molecule has 2 aromatic rings. The van der Waals surface area contributed by atoms with E-state index in [2.05, 4.69) is 39.0 Å². The summed E-state index contributed by atoms with van der Waals surface area (Å²) in [5.74, 6) is -0.157. The van der Waals surface area contributed by atoms with E-state index in [0.29, 0.717) is 17.8 Å². The average Bonchev–Trinajstić information content (AvgIpc) is 2.73. The van der Waals surface area contributed by atoms with Crippen molar-refractivity contribution in [1.82, 2.24) is 15.5 Å². The second kappa shape index (κ2) is 10.8. The van der Waals surface area contributed by atoms with Gasteiger partial charge in [-0.05, 0) is 69.1 Å². The Labute approximate surface area is 179 Å². The van der Waals surface area contributed by atoms with E-state index in [1.165, 1.54) is 24.8 Å². The van der Waals surface area contributed by atoms with Crippen molar-refractivity contribution in [2.75, 3.05) is 18.4 Å². The number of anilines is 1. The summed E-state index contributed by atoms with van der Waals surface area (Å²) in [5.41, 5.74) is 3.51. The van der Waals surface area contributed by atoms with Crippen LogP contribution in [0, 0.1) is 0 Å². The summed E-state index contributed by atoms with van der Waals surface area (Å²) < 4.78 is 0. The van der Waals surface area contributed by atoms with Gasteiger partial charge in [0.05, 0.1) is 0 Å². The molecule has 0 saturated carbocycles. The van der Waals surface area contributed by atoms with Crippen LogP contribution < -0.4 is 16.0 Å². The zero-order valence-corrected chi connectivity index (χ0v) is 17.9. The highest BCUT2D eigenvalue weighted by Gasteiger charge is 2.13. The third kappa shape index (κ3) is 6.59. The van der Waals surface area contributed by atoms with Crippen molar-refractivity contribution >= 4 is 17.6 Å². The van der Waals surface area contributed by atoms with Gasteiger partial charge in [0.25, 0.3) is 5.91 Å². The van der Waals surface area contributed by atoms with Gasteiger partial charge in [-0.25, -0.2) is 4.79 Å². The van der Waals surface area contributed by atoms with E-state index in [1.807, 2.05) is 19.9 Å². The van der Waals surface area contributed by atoms with E-state index in [1.54, 1.807) is 24.3 Å². The molecule has 1 saturated heterocycles. The molecule has 6 nitrogen and oxygen atoms in total. The predicted octanol–water partition coefficient (Wildman–Crippen LogP) is 4.13. The van der Waals surface area contributed by atoms with Crippen molar-refractivity contribution in [3.8, 4) is 0 Å². The van der Waals surface area contributed by atoms with E-state index in [9.17, 15) is 9.59 Å². The number of benzene rings is 2. The summed E-state index contributed by atoms with van der Waals surface area (Å²) in [6.45, 7) is 7.49. The molecule has 0 aliphatic carbocycles.